The molecular formula is C20H17N3O4S2. The first-order chi connectivity index (χ1) is 14.0. The van der Waals surface area contributed by atoms with E-state index in [-0.39, 0.29) is 18.4 Å². The third kappa shape index (κ3) is 6.16. The highest BCUT2D eigenvalue weighted by Gasteiger charge is 2.21. The Balaban J connectivity index is 1.46. The van der Waals surface area contributed by atoms with Crippen LogP contribution in [0, 0.1) is 0 Å². The molecule has 1 fully saturated rings. The Morgan fingerprint density at radius 3 is 2.41 bits per heavy atom. The van der Waals surface area contributed by atoms with Crippen molar-refractivity contribution in [3.05, 3.63) is 64.6 Å². The fourth-order valence-corrected chi connectivity index (χ4v) is 3.33. The highest BCUT2D eigenvalue weighted by atomic mass is 32.2. The number of thiocarbonyl (C=S) groups is 1. The summed E-state index contributed by atoms with van der Waals surface area (Å²) in [6.45, 7) is -0.174. The van der Waals surface area contributed by atoms with Gasteiger partial charge in [-0.25, -0.2) is 5.43 Å². The van der Waals surface area contributed by atoms with Gasteiger partial charge in [0.2, 0.25) is 0 Å². The minimum Gasteiger partial charge on any atom is -0.497 e. The van der Waals surface area contributed by atoms with Crippen LogP contribution in [0.5, 0.6) is 11.5 Å². The van der Waals surface area contributed by atoms with E-state index in [2.05, 4.69) is 15.8 Å². The quantitative estimate of drug-likeness (QED) is 0.306. The highest BCUT2D eigenvalue weighted by molar-refractivity contribution is 8.26. The maximum atomic E-state index is 11.8. The normalized spacial score (nSPS) is 14.9. The molecule has 0 unspecified atom stereocenters. The number of rotatable bonds is 7. The number of carbonyl (C=O) groups is 2. The zero-order valence-corrected chi connectivity index (χ0v) is 17.0. The lowest BCUT2D eigenvalue weighted by molar-refractivity contribution is -0.123. The summed E-state index contributed by atoms with van der Waals surface area (Å²) in [6.07, 6.45) is 3.27. The molecule has 0 saturated carbocycles. The number of thioether (sulfide) groups is 1. The van der Waals surface area contributed by atoms with Gasteiger partial charge in [-0.1, -0.05) is 36.1 Å². The molecule has 0 spiro atoms. The smallest absolute Gasteiger partial charge is 0.277 e. The monoisotopic (exact) mass is 427 g/mol. The fraction of sp³-hybridized carbons (Fsp3) is 0.100. The van der Waals surface area contributed by atoms with Crippen molar-refractivity contribution in [2.45, 2.75) is 0 Å². The van der Waals surface area contributed by atoms with Crippen LogP contribution in [-0.4, -0.2) is 36.1 Å². The molecule has 9 heteroatoms. The van der Waals surface area contributed by atoms with Gasteiger partial charge in [-0.15, -0.1) is 0 Å². The second-order valence-electron chi connectivity index (χ2n) is 5.78. The molecule has 2 aromatic carbocycles. The Morgan fingerprint density at radius 1 is 1.14 bits per heavy atom. The Bertz CT molecular complexity index is 970. The molecule has 2 amide bonds. The number of carbonyl (C=O) groups excluding carboxylic acids is 2. The van der Waals surface area contributed by atoms with Crippen LogP contribution in [0.25, 0.3) is 6.08 Å². The maximum absolute atomic E-state index is 11.8. The van der Waals surface area contributed by atoms with Gasteiger partial charge in [0.05, 0.1) is 18.2 Å². The second kappa shape index (κ2) is 9.85. The van der Waals surface area contributed by atoms with Crippen LogP contribution in [-0.2, 0) is 9.59 Å². The summed E-state index contributed by atoms with van der Waals surface area (Å²) >= 11 is 6.18. The number of benzene rings is 2. The molecule has 0 aliphatic carbocycles. The van der Waals surface area contributed by atoms with Gasteiger partial charge in [0, 0.05) is 0 Å². The minimum atomic E-state index is -0.381. The van der Waals surface area contributed by atoms with Crippen LogP contribution in [0.4, 0.5) is 0 Å². The van der Waals surface area contributed by atoms with E-state index in [1.165, 1.54) is 18.0 Å². The second-order valence-corrected chi connectivity index (χ2v) is 7.50. The Morgan fingerprint density at radius 2 is 1.79 bits per heavy atom. The van der Waals surface area contributed by atoms with Gasteiger partial charge < -0.3 is 14.8 Å². The van der Waals surface area contributed by atoms with Crippen LogP contribution < -0.4 is 20.2 Å². The van der Waals surface area contributed by atoms with Crippen LogP contribution >= 0.6 is 24.0 Å². The zero-order valence-electron chi connectivity index (χ0n) is 15.4. The summed E-state index contributed by atoms with van der Waals surface area (Å²) in [5.74, 6) is 0.691. The third-order valence-corrected chi connectivity index (χ3v) is 4.87. The van der Waals surface area contributed by atoms with E-state index in [9.17, 15) is 9.59 Å². The number of methoxy groups -OCH3 is 1. The molecule has 7 nitrogen and oxygen atoms in total. The molecule has 1 aliphatic heterocycles. The van der Waals surface area contributed by atoms with Crippen LogP contribution in [0.3, 0.4) is 0 Å². The van der Waals surface area contributed by atoms with Crippen molar-refractivity contribution in [1.29, 1.82) is 0 Å². The molecule has 0 radical (unpaired) electrons. The molecular weight excluding hydrogens is 410 g/mol. The first kappa shape index (κ1) is 20.6. The van der Waals surface area contributed by atoms with Gasteiger partial charge in [-0.3, -0.25) is 9.59 Å². The van der Waals surface area contributed by atoms with Gasteiger partial charge in [0.1, 0.15) is 15.8 Å². The molecule has 2 aromatic rings. The molecule has 1 saturated heterocycles. The van der Waals surface area contributed by atoms with Gasteiger partial charge in [-0.05, 0) is 53.6 Å². The molecule has 29 heavy (non-hydrogen) atoms. The predicted octanol–water partition coefficient (Wildman–Crippen LogP) is 2.71. The molecule has 0 bridgehead atoms. The van der Waals surface area contributed by atoms with Crippen molar-refractivity contribution in [2.75, 3.05) is 13.7 Å². The van der Waals surface area contributed by atoms with Gasteiger partial charge in [0.25, 0.3) is 11.8 Å². The molecule has 0 aromatic heterocycles. The largest absolute Gasteiger partial charge is 0.497 e. The van der Waals surface area contributed by atoms with E-state index >= 15 is 0 Å². The minimum absolute atomic E-state index is 0.174. The predicted molar refractivity (Wildman–Crippen MR) is 117 cm³/mol. The number of hydrazone groups is 1. The number of nitrogens with zero attached hydrogens (tertiary/aromatic N) is 1. The average Bonchev–Trinajstić information content (AvgIpc) is 3.04. The van der Waals surface area contributed by atoms with E-state index in [0.717, 1.165) is 16.9 Å². The van der Waals surface area contributed by atoms with Crippen LogP contribution in [0.1, 0.15) is 11.1 Å². The van der Waals surface area contributed by atoms with Crippen molar-refractivity contribution >= 4 is 52.4 Å². The Labute approximate surface area is 177 Å². The summed E-state index contributed by atoms with van der Waals surface area (Å²) in [7, 11) is 1.59. The molecule has 0 atom stereocenters. The van der Waals surface area contributed by atoms with E-state index in [1.807, 2.05) is 12.1 Å². The fourth-order valence-electron chi connectivity index (χ4n) is 2.28. The van der Waals surface area contributed by atoms with Crippen molar-refractivity contribution in [3.8, 4) is 11.5 Å². The van der Waals surface area contributed by atoms with E-state index in [0.29, 0.717) is 15.0 Å². The third-order valence-electron chi connectivity index (χ3n) is 3.71. The number of hydrogen-bond donors (Lipinski definition) is 2. The molecule has 2 N–H and O–H groups in total. The maximum Gasteiger partial charge on any atom is 0.277 e. The lowest BCUT2D eigenvalue weighted by Gasteiger charge is -2.05. The lowest BCUT2D eigenvalue weighted by Crippen LogP contribution is -2.24. The standard InChI is InChI=1S/C20H17N3O4S2/c1-26-15-6-4-14(5-7-15)11-21-23-18(24)12-27-16-8-2-13(3-9-16)10-17-19(25)22-20(28)29-17/h2-11H,12H2,1H3,(H,23,24)(H,22,25,28)/b17-10+,21-11+. The molecule has 148 valence electrons. The first-order valence-corrected chi connectivity index (χ1v) is 9.69. The van der Waals surface area contributed by atoms with E-state index in [1.54, 1.807) is 49.6 Å². The number of nitrogens with one attached hydrogen (secondary N) is 2. The Hall–Kier alpha value is -3.17. The lowest BCUT2D eigenvalue weighted by atomic mass is 10.2. The zero-order chi connectivity index (χ0) is 20.6. The van der Waals surface area contributed by atoms with Crippen molar-refractivity contribution in [1.82, 2.24) is 10.7 Å². The van der Waals surface area contributed by atoms with Crippen molar-refractivity contribution in [3.63, 3.8) is 0 Å². The summed E-state index contributed by atoms with van der Waals surface area (Å²) < 4.78 is 11.0. The summed E-state index contributed by atoms with van der Waals surface area (Å²) in [5.41, 5.74) is 4.06. The van der Waals surface area contributed by atoms with Crippen LogP contribution in [0.15, 0.2) is 58.5 Å². The van der Waals surface area contributed by atoms with Crippen molar-refractivity contribution in [2.24, 2.45) is 5.10 Å². The van der Waals surface area contributed by atoms with E-state index < -0.39 is 0 Å². The molecule has 1 heterocycles. The average molecular weight is 428 g/mol. The van der Waals surface area contributed by atoms with Crippen LogP contribution in [0.2, 0.25) is 0 Å². The summed E-state index contributed by atoms with van der Waals surface area (Å²) in [6, 6.07) is 14.3. The summed E-state index contributed by atoms with van der Waals surface area (Å²) in [5, 5.41) is 6.45. The van der Waals surface area contributed by atoms with E-state index in [4.69, 9.17) is 21.7 Å². The number of hydrogen-bond acceptors (Lipinski definition) is 7. The number of ether oxygens (including phenoxy) is 2. The topological polar surface area (TPSA) is 89.0 Å². The van der Waals surface area contributed by atoms with Gasteiger partial charge in [0.15, 0.2) is 6.61 Å². The summed E-state index contributed by atoms with van der Waals surface area (Å²) in [4.78, 5) is 24.0. The molecule has 3 rings (SSSR count). The van der Waals surface area contributed by atoms with Gasteiger partial charge >= 0.3 is 0 Å². The SMILES string of the molecule is COc1ccc(/C=N/NC(=O)COc2ccc(/C=C3/SC(=S)NC3=O)cc2)cc1. The van der Waals surface area contributed by atoms with Gasteiger partial charge in [-0.2, -0.15) is 5.10 Å². The first-order valence-electron chi connectivity index (χ1n) is 8.47. The Kier molecular flexibility index (Phi) is 6.99. The van der Waals surface area contributed by atoms with Crippen molar-refractivity contribution < 1.29 is 19.1 Å². The number of amides is 2. The molecule has 1 aliphatic rings. The highest BCUT2D eigenvalue weighted by Crippen LogP contribution is 2.26.